The van der Waals surface area contributed by atoms with Gasteiger partial charge in [-0.1, -0.05) is 0 Å². The van der Waals surface area contributed by atoms with Crippen LogP contribution in [0.1, 0.15) is 5.69 Å². The summed E-state index contributed by atoms with van der Waals surface area (Å²) in [5, 5.41) is 15.5. The number of aromatic nitrogens is 2. The summed E-state index contributed by atoms with van der Waals surface area (Å²) < 4.78 is 11.2. The predicted octanol–water partition coefficient (Wildman–Crippen LogP) is -1.14. The van der Waals surface area contributed by atoms with Gasteiger partial charge in [-0.15, -0.1) is 0 Å². The molecular formula is C5H8N3O5P. The first-order valence-electron chi connectivity index (χ1n) is 3.44. The number of carbonyl (C=O) groups is 1. The van der Waals surface area contributed by atoms with Crippen LogP contribution in [0.15, 0.2) is 6.20 Å². The van der Waals surface area contributed by atoms with Gasteiger partial charge in [-0.2, -0.15) is 0 Å². The number of H-pyrrole nitrogens is 1. The van der Waals surface area contributed by atoms with Crippen LogP contribution in [0.4, 0.5) is 0 Å². The van der Waals surface area contributed by atoms with Gasteiger partial charge >= 0.3 is 13.7 Å². The molecule has 1 aromatic heterocycles. The van der Waals surface area contributed by atoms with Crippen LogP contribution in [0.2, 0.25) is 0 Å². The van der Waals surface area contributed by atoms with Crippen LogP contribution < -0.4 is 5.62 Å². The van der Waals surface area contributed by atoms with Gasteiger partial charge in [-0.25, -0.2) is 8.90 Å². The van der Waals surface area contributed by atoms with Crippen molar-refractivity contribution in [3.05, 3.63) is 17.5 Å². The highest BCUT2D eigenvalue weighted by molar-refractivity contribution is 7.50. The molecule has 0 spiro atoms. The Balaban J connectivity index is 3.27. The maximum atomic E-state index is 10.8. The molecule has 5 N–H and O–H groups in total. The van der Waals surface area contributed by atoms with Crippen molar-refractivity contribution in [3.63, 3.8) is 0 Å². The lowest BCUT2D eigenvalue weighted by atomic mass is 10.3. The van der Waals surface area contributed by atoms with Crippen LogP contribution >= 0.6 is 7.75 Å². The van der Waals surface area contributed by atoms with Gasteiger partial charge in [0, 0.05) is 6.20 Å². The Hall–Kier alpha value is -1.37. The van der Waals surface area contributed by atoms with E-state index >= 15 is 0 Å². The minimum Gasteiger partial charge on any atom is -0.481 e. The molecule has 8 nitrogen and oxygen atoms in total. The Bertz CT molecular complexity index is 454. The minimum atomic E-state index is -4.67. The highest BCUT2D eigenvalue weighted by Gasteiger charge is 2.22. The molecule has 0 fully saturated rings. The first-order chi connectivity index (χ1) is 6.32. The van der Waals surface area contributed by atoms with Crippen LogP contribution in [-0.4, -0.2) is 30.2 Å². The van der Waals surface area contributed by atoms with E-state index in [1.165, 1.54) is 0 Å². The Labute approximate surface area is 77.5 Å². The monoisotopic (exact) mass is 221 g/mol. The Morgan fingerprint density at radius 2 is 2.21 bits per heavy atom. The van der Waals surface area contributed by atoms with Crippen LogP contribution in [0.25, 0.3) is 0 Å². The second-order valence-electron chi connectivity index (χ2n) is 2.52. The Kier molecular flexibility index (Phi) is 2.61. The zero-order chi connectivity index (χ0) is 10.9. The fourth-order valence-electron chi connectivity index (χ4n) is 0.996. The van der Waals surface area contributed by atoms with Gasteiger partial charge in [0.2, 0.25) is 5.62 Å². The number of aliphatic carboxylic acids is 1. The second kappa shape index (κ2) is 3.41. The summed E-state index contributed by atoms with van der Waals surface area (Å²) >= 11 is 0. The minimum absolute atomic E-state index is 0.143. The maximum Gasteiger partial charge on any atom is 0.436 e. The molecule has 0 saturated heterocycles. The lowest BCUT2D eigenvalue weighted by molar-refractivity contribution is -0.136. The van der Waals surface area contributed by atoms with Crippen molar-refractivity contribution in [1.29, 1.82) is 5.41 Å². The molecule has 0 atom stereocenters. The van der Waals surface area contributed by atoms with Gasteiger partial charge in [0.1, 0.15) is 0 Å². The van der Waals surface area contributed by atoms with Gasteiger partial charge in [-0.05, 0) is 0 Å². The predicted molar refractivity (Wildman–Crippen MR) is 43.4 cm³/mol. The molecule has 14 heavy (non-hydrogen) atoms. The molecule has 0 amide bonds. The zero-order valence-electron chi connectivity index (χ0n) is 6.84. The van der Waals surface area contributed by atoms with Gasteiger partial charge in [0.15, 0.2) is 0 Å². The maximum absolute atomic E-state index is 10.8. The SMILES string of the molecule is N=c1[nH]cc(CC(=O)O)n1P(=O)(O)O. The van der Waals surface area contributed by atoms with E-state index in [9.17, 15) is 9.36 Å². The summed E-state index contributed by atoms with van der Waals surface area (Å²) in [5.74, 6) is -1.23. The molecule has 0 saturated carbocycles. The fourth-order valence-corrected chi connectivity index (χ4v) is 1.78. The van der Waals surface area contributed by atoms with E-state index in [-0.39, 0.29) is 5.69 Å². The lowest BCUT2D eigenvalue weighted by Crippen LogP contribution is -2.18. The summed E-state index contributed by atoms with van der Waals surface area (Å²) in [5.41, 5.74) is -0.676. The molecule has 0 aliphatic heterocycles. The van der Waals surface area contributed by atoms with Gasteiger partial charge in [-0.3, -0.25) is 10.2 Å². The molecule has 0 bridgehead atoms. The summed E-state index contributed by atoms with van der Waals surface area (Å²) in [4.78, 5) is 30.1. The van der Waals surface area contributed by atoms with Crippen molar-refractivity contribution in [2.75, 3.05) is 0 Å². The Morgan fingerprint density at radius 3 is 2.64 bits per heavy atom. The third kappa shape index (κ3) is 2.11. The number of imidazole rings is 1. The zero-order valence-corrected chi connectivity index (χ0v) is 7.73. The van der Waals surface area contributed by atoms with Crippen LogP contribution in [-0.2, 0) is 15.8 Å². The van der Waals surface area contributed by atoms with E-state index in [1.807, 2.05) is 0 Å². The number of carboxylic acids is 1. The summed E-state index contributed by atoms with van der Waals surface area (Å²) in [6.07, 6.45) is 0.524. The van der Waals surface area contributed by atoms with Crippen molar-refractivity contribution in [1.82, 2.24) is 9.32 Å². The van der Waals surface area contributed by atoms with Gasteiger partial charge in [0.25, 0.3) is 0 Å². The summed E-state index contributed by atoms with van der Waals surface area (Å²) in [7, 11) is -4.67. The molecule has 78 valence electrons. The average molecular weight is 221 g/mol. The number of aromatic amines is 1. The molecule has 1 aromatic rings. The second-order valence-corrected chi connectivity index (χ2v) is 3.95. The van der Waals surface area contributed by atoms with Crippen molar-refractivity contribution in [3.8, 4) is 0 Å². The van der Waals surface area contributed by atoms with E-state index in [1.54, 1.807) is 0 Å². The first-order valence-corrected chi connectivity index (χ1v) is 5.01. The lowest BCUT2D eigenvalue weighted by Gasteiger charge is -2.07. The molecule has 9 heteroatoms. The van der Waals surface area contributed by atoms with Crippen molar-refractivity contribution in [2.45, 2.75) is 6.42 Å². The van der Waals surface area contributed by atoms with E-state index in [4.69, 9.17) is 20.3 Å². The highest BCUT2D eigenvalue weighted by atomic mass is 31.2. The fraction of sp³-hybridized carbons (Fsp3) is 0.200. The largest absolute Gasteiger partial charge is 0.481 e. The highest BCUT2D eigenvalue weighted by Crippen LogP contribution is 2.35. The number of hydrogen-bond acceptors (Lipinski definition) is 3. The van der Waals surface area contributed by atoms with Crippen molar-refractivity contribution >= 4 is 13.7 Å². The molecule has 1 rings (SSSR count). The van der Waals surface area contributed by atoms with Crippen LogP contribution in [0.3, 0.4) is 0 Å². The molecule has 0 unspecified atom stereocenters. The smallest absolute Gasteiger partial charge is 0.436 e. The third-order valence-electron chi connectivity index (χ3n) is 1.45. The number of rotatable bonds is 3. The summed E-state index contributed by atoms with van der Waals surface area (Å²) in [6.45, 7) is 0. The standard InChI is InChI=1S/C5H8N3O5P/c6-5-7-2-3(1-4(9)10)8(5)14(11,12)13/h2H,1H2,(H2,6,7)(H,9,10)(H2,11,12,13). The molecule has 0 aliphatic rings. The van der Waals surface area contributed by atoms with Crippen LogP contribution in [0, 0.1) is 5.41 Å². The first kappa shape index (κ1) is 10.7. The molecule has 1 heterocycles. The molecular weight excluding hydrogens is 213 g/mol. The molecule has 0 aliphatic carbocycles. The van der Waals surface area contributed by atoms with E-state index < -0.39 is 25.8 Å². The third-order valence-corrected chi connectivity index (χ3v) is 2.43. The van der Waals surface area contributed by atoms with E-state index in [2.05, 4.69) is 4.98 Å². The van der Waals surface area contributed by atoms with Crippen LogP contribution in [0.5, 0.6) is 0 Å². The number of nitrogens with zero attached hydrogens (tertiary/aromatic N) is 1. The Morgan fingerprint density at radius 1 is 1.64 bits per heavy atom. The quantitative estimate of drug-likeness (QED) is 0.410. The number of nitrogens with one attached hydrogen (secondary N) is 2. The average Bonchev–Trinajstić information content (AvgIpc) is 2.28. The van der Waals surface area contributed by atoms with Crippen molar-refractivity contribution in [2.24, 2.45) is 0 Å². The summed E-state index contributed by atoms with van der Waals surface area (Å²) in [6, 6.07) is 0. The normalized spacial score (nSPS) is 11.6. The number of carboxylic acid groups (broad SMARTS) is 1. The number of hydrogen-bond donors (Lipinski definition) is 5. The van der Waals surface area contributed by atoms with E-state index in [0.29, 0.717) is 4.34 Å². The molecule has 0 aromatic carbocycles. The van der Waals surface area contributed by atoms with E-state index in [0.717, 1.165) is 6.20 Å². The van der Waals surface area contributed by atoms with Gasteiger partial charge in [0.05, 0.1) is 12.1 Å². The van der Waals surface area contributed by atoms with Crippen molar-refractivity contribution < 1.29 is 24.3 Å². The molecule has 0 radical (unpaired) electrons. The van der Waals surface area contributed by atoms with Gasteiger partial charge < -0.3 is 19.9 Å². The topological polar surface area (TPSA) is 139 Å².